The molecule has 0 N–H and O–H groups in total. The molecule has 2 heterocycles. The molecule has 1 aliphatic heterocycles. The molecule has 0 aliphatic carbocycles. The molecule has 0 saturated carbocycles. The van der Waals surface area contributed by atoms with Crippen LogP contribution in [-0.4, -0.2) is 28.9 Å². The van der Waals surface area contributed by atoms with Crippen LogP contribution in [0.3, 0.4) is 0 Å². The van der Waals surface area contributed by atoms with E-state index in [1.807, 2.05) is 11.8 Å². The van der Waals surface area contributed by atoms with Crippen LogP contribution in [0.25, 0.3) is 0 Å². The lowest BCUT2D eigenvalue weighted by atomic mass is 10.1. The first-order valence-electron chi connectivity index (χ1n) is 5.42. The van der Waals surface area contributed by atoms with Gasteiger partial charge >= 0.3 is 0 Å². The van der Waals surface area contributed by atoms with Gasteiger partial charge < -0.3 is 4.90 Å². The van der Waals surface area contributed by atoms with E-state index in [1.165, 1.54) is 0 Å². The molecule has 85 valence electrons. The molecular formula is C12H14ClN2O. The van der Waals surface area contributed by atoms with E-state index in [4.69, 9.17) is 11.6 Å². The molecule has 1 fully saturated rings. The maximum absolute atomic E-state index is 12.1. The molecule has 1 saturated heterocycles. The first-order valence-corrected chi connectivity index (χ1v) is 5.80. The lowest BCUT2D eigenvalue weighted by molar-refractivity contribution is 0.0741. The summed E-state index contributed by atoms with van der Waals surface area (Å²) in [4.78, 5) is 18.0. The van der Waals surface area contributed by atoms with Crippen LogP contribution in [0.5, 0.6) is 0 Å². The zero-order valence-corrected chi connectivity index (χ0v) is 10.00. The fourth-order valence-corrected chi connectivity index (χ4v) is 2.14. The lowest BCUT2D eigenvalue weighted by Gasteiger charge is -2.26. The van der Waals surface area contributed by atoms with Crippen molar-refractivity contribution in [2.75, 3.05) is 13.1 Å². The summed E-state index contributed by atoms with van der Waals surface area (Å²) in [5.74, 6) is 0.0560. The zero-order valence-electron chi connectivity index (χ0n) is 9.24. The third-order valence-corrected chi connectivity index (χ3v) is 2.86. The van der Waals surface area contributed by atoms with E-state index in [-0.39, 0.29) is 5.91 Å². The van der Waals surface area contributed by atoms with Crippen LogP contribution in [0, 0.1) is 13.3 Å². The molecule has 0 aromatic carbocycles. The standard InChI is InChI=1S/C12H14ClN2O/c1-9-7-10(8-11(13)14-9)12(16)15-5-3-2-4-6-15/h2,7-8H,3-6H2,1H3. The molecular weight excluding hydrogens is 224 g/mol. The fourth-order valence-electron chi connectivity index (χ4n) is 1.89. The highest BCUT2D eigenvalue weighted by molar-refractivity contribution is 6.29. The van der Waals surface area contributed by atoms with E-state index >= 15 is 0 Å². The normalized spacial score (nSPS) is 16.2. The number of piperidine rings is 1. The Kier molecular flexibility index (Phi) is 3.44. The lowest BCUT2D eigenvalue weighted by Crippen LogP contribution is -2.35. The fraction of sp³-hybridized carbons (Fsp3) is 0.417. The highest BCUT2D eigenvalue weighted by atomic mass is 35.5. The average Bonchev–Trinajstić information content (AvgIpc) is 2.28. The van der Waals surface area contributed by atoms with Gasteiger partial charge in [-0.05, 0) is 38.3 Å². The predicted molar refractivity (Wildman–Crippen MR) is 63.4 cm³/mol. The van der Waals surface area contributed by atoms with Crippen molar-refractivity contribution in [1.82, 2.24) is 9.88 Å². The number of likely N-dealkylation sites (tertiary alicyclic amines) is 1. The predicted octanol–water partition coefficient (Wildman–Crippen LogP) is 2.48. The molecule has 0 atom stereocenters. The van der Waals surface area contributed by atoms with Gasteiger partial charge in [0.15, 0.2) is 0 Å². The van der Waals surface area contributed by atoms with E-state index in [1.54, 1.807) is 12.1 Å². The van der Waals surface area contributed by atoms with Gasteiger partial charge in [-0.2, -0.15) is 0 Å². The SMILES string of the molecule is Cc1cc(C(=O)N2CC[CH]CC2)cc(Cl)n1. The van der Waals surface area contributed by atoms with Gasteiger partial charge in [0.05, 0.1) is 0 Å². The van der Waals surface area contributed by atoms with Crippen LogP contribution in [0.2, 0.25) is 5.15 Å². The molecule has 3 nitrogen and oxygen atoms in total. The van der Waals surface area contributed by atoms with Crippen molar-refractivity contribution < 1.29 is 4.79 Å². The molecule has 16 heavy (non-hydrogen) atoms. The number of hydrogen-bond acceptors (Lipinski definition) is 2. The number of pyridine rings is 1. The Labute approximate surface area is 100 Å². The minimum atomic E-state index is 0.0560. The summed E-state index contributed by atoms with van der Waals surface area (Å²) in [5.41, 5.74) is 1.42. The van der Waals surface area contributed by atoms with Gasteiger partial charge in [-0.15, -0.1) is 0 Å². The Hall–Kier alpha value is -1.09. The van der Waals surface area contributed by atoms with Crippen molar-refractivity contribution in [3.05, 3.63) is 35.0 Å². The Morgan fingerprint density at radius 2 is 2.06 bits per heavy atom. The van der Waals surface area contributed by atoms with Crippen LogP contribution >= 0.6 is 11.6 Å². The summed E-state index contributed by atoms with van der Waals surface area (Å²) < 4.78 is 0. The summed E-state index contributed by atoms with van der Waals surface area (Å²) in [5, 5.41) is 0.381. The molecule has 0 spiro atoms. The monoisotopic (exact) mass is 237 g/mol. The van der Waals surface area contributed by atoms with Crippen LogP contribution < -0.4 is 0 Å². The van der Waals surface area contributed by atoms with Gasteiger partial charge in [0.25, 0.3) is 5.91 Å². The van der Waals surface area contributed by atoms with Gasteiger partial charge in [-0.25, -0.2) is 4.98 Å². The largest absolute Gasteiger partial charge is 0.339 e. The van der Waals surface area contributed by atoms with Crippen LogP contribution in [-0.2, 0) is 0 Å². The molecule has 0 bridgehead atoms. The zero-order chi connectivity index (χ0) is 11.5. The second kappa shape index (κ2) is 4.83. The summed E-state index contributed by atoms with van der Waals surface area (Å²) in [6.07, 6.45) is 4.17. The number of aromatic nitrogens is 1. The maximum Gasteiger partial charge on any atom is 0.254 e. The van der Waals surface area contributed by atoms with E-state index in [0.717, 1.165) is 31.6 Å². The minimum Gasteiger partial charge on any atom is -0.339 e. The Bertz CT molecular complexity index is 380. The third kappa shape index (κ3) is 2.53. The van der Waals surface area contributed by atoms with E-state index in [2.05, 4.69) is 11.4 Å². The highest BCUT2D eigenvalue weighted by Gasteiger charge is 2.18. The van der Waals surface area contributed by atoms with Crippen LogP contribution in [0.4, 0.5) is 0 Å². The summed E-state index contributed by atoms with van der Waals surface area (Å²) in [6, 6.07) is 3.42. The number of nitrogens with zero attached hydrogens (tertiary/aromatic N) is 2. The Morgan fingerprint density at radius 1 is 1.38 bits per heavy atom. The van der Waals surface area contributed by atoms with Gasteiger partial charge in [-0.1, -0.05) is 11.6 Å². The molecule has 2 rings (SSSR count). The van der Waals surface area contributed by atoms with Crippen LogP contribution in [0.15, 0.2) is 12.1 Å². The number of hydrogen-bond donors (Lipinski definition) is 0. The number of carbonyl (C=O) groups excluding carboxylic acids is 1. The molecule has 1 aromatic heterocycles. The molecule has 1 aliphatic rings. The average molecular weight is 238 g/mol. The van der Waals surface area contributed by atoms with Crippen molar-refractivity contribution in [3.8, 4) is 0 Å². The quantitative estimate of drug-likeness (QED) is 0.703. The van der Waals surface area contributed by atoms with E-state index < -0.39 is 0 Å². The Balaban J connectivity index is 2.19. The second-order valence-electron chi connectivity index (χ2n) is 3.98. The second-order valence-corrected chi connectivity index (χ2v) is 4.37. The molecule has 1 radical (unpaired) electrons. The van der Waals surface area contributed by atoms with Gasteiger partial charge in [0, 0.05) is 24.3 Å². The number of aryl methyl sites for hydroxylation is 1. The van der Waals surface area contributed by atoms with Crippen molar-refractivity contribution in [2.24, 2.45) is 0 Å². The van der Waals surface area contributed by atoms with E-state index in [9.17, 15) is 4.79 Å². The summed E-state index contributed by atoms with van der Waals surface area (Å²) >= 11 is 5.85. The van der Waals surface area contributed by atoms with Crippen LogP contribution in [0.1, 0.15) is 28.9 Å². The first-order chi connectivity index (χ1) is 7.66. The summed E-state index contributed by atoms with van der Waals surface area (Å²) in [6.45, 7) is 3.45. The number of carbonyl (C=O) groups is 1. The molecule has 1 amide bonds. The number of rotatable bonds is 1. The van der Waals surface area contributed by atoms with Crippen molar-refractivity contribution in [2.45, 2.75) is 19.8 Å². The molecule has 4 heteroatoms. The van der Waals surface area contributed by atoms with E-state index in [0.29, 0.717) is 10.7 Å². The van der Waals surface area contributed by atoms with Gasteiger partial charge in [0.2, 0.25) is 0 Å². The Morgan fingerprint density at radius 3 is 2.69 bits per heavy atom. The first kappa shape index (κ1) is 11.4. The third-order valence-electron chi connectivity index (χ3n) is 2.66. The maximum atomic E-state index is 12.1. The highest BCUT2D eigenvalue weighted by Crippen LogP contribution is 2.15. The number of halogens is 1. The number of amides is 1. The summed E-state index contributed by atoms with van der Waals surface area (Å²) in [7, 11) is 0. The van der Waals surface area contributed by atoms with Crippen molar-refractivity contribution in [3.63, 3.8) is 0 Å². The minimum absolute atomic E-state index is 0.0560. The van der Waals surface area contributed by atoms with Crippen molar-refractivity contribution >= 4 is 17.5 Å². The van der Waals surface area contributed by atoms with Crippen molar-refractivity contribution in [1.29, 1.82) is 0 Å². The smallest absolute Gasteiger partial charge is 0.254 e. The molecule has 0 unspecified atom stereocenters. The molecule has 1 aromatic rings. The van der Waals surface area contributed by atoms with Gasteiger partial charge in [0.1, 0.15) is 5.15 Å². The topological polar surface area (TPSA) is 33.2 Å². The van der Waals surface area contributed by atoms with Gasteiger partial charge in [-0.3, -0.25) is 4.79 Å².